The third kappa shape index (κ3) is 5.42. The van der Waals surface area contributed by atoms with E-state index in [9.17, 15) is 9.59 Å². The molecule has 4 aromatic rings. The molecule has 7 nitrogen and oxygen atoms in total. The first-order valence-electron chi connectivity index (χ1n) is 17.2. The summed E-state index contributed by atoms with van der Waals surface area (Å²) in [7, 11) is 1.68. The lowest BCUT2D eigenvalue weighted by atomic mass is 9.48. The molecule has 1 aliphatic heterocycles. The van der Waals surface area contributed by atoms with Crippen LogP contribution in [0, 0.1) is 5.92 Å². The summed E-state index contributed by atoms with van der Waals surface area (Å²) >= 11 is 0. The molecular formula is C40H46N2O5. The fourth-order valence-corrected chi connectivity index (χ4v) is 9.19. The number of benzene rings is 3. The third-order valence-corrected chi connectivity index (χ3v) is 11.0. The molecule has 3 heterocycles. The van der Waals surface area contributed by atoms with E-state index in [2.05, 4.69) is 54.0 Å². The lowest BCUT2D eigenvalue weighted by molar-refractivity contribution is -0.210. The minimum Gasteiger partial charge on any atom is -0.493 e. The molecule has 0 N–H and O–H groups in total. The van der Waals surface area contributed by atoms with Crippen LogP contribution in [0.1, 0.15) is 68.7 Å². The van der Waals surface area contributed by atoms with Crippen molar-refractivity contribution in [2.75, 3.05) is 26.7 Å². The Balaban J connectivity index is 1.30. The number of carbonyl (C=O) groups is 2. The number of rotatable bonds is 10. The molecule has 1 saturated carbocycles. The number of hydrogen-bond donors (Lipinski definition) is 0. The second kappa shape index (κ2) is 12.5. The van der Waals surface area contributed by atoms with Crippen molar-refractivity contribution in [3.05, 3.63) is 95.1 Å². The van der Waals surface area contributed by atoms with Crippen molar-refractivity contribution in [1.82, 2.24) is 9.80 Å². The molecule has 4 atom stereocenters. The summed E-state index contributed by atoms with van der Waals surface area (Å²) in [5, 5.41) is 0. The molecule has 0 radical (unpaired) electrons. The molecule has 0 spiro atoms. The number of piperidine rings is 1. The van der Waals surface area contributed by atoms with Gasteiger partial charge in [-0.05, 0) is 68.2 Å². The Hall–Kier alpha value is -4.10. The van der Waals surface area contributed by atoms with E-state index in [1.165, 1.54) is 11.1 Å². The van der Waals surface area contributed by atoms with Crippen LogP contribution in [0.2, 0.25) is 0 Å². The van der Waals surface area contributed by atoms with E-state index in [0.29, 0.717) is 25.3 Å². The van der Waals surface area contributed by atoms with Gasteiger partial charge >= 0.3 is 5.97 Å². The van der Waals surface area contributed by atoms with Crippen LogP contribution in [0.25, 0.3) is 17.2 Å². The summed E-state index contributed by atoms with van der Waals surface area (Å²) < 4.78 is 19.0. The molecule has 2 aromatic carbocycles. The van der Waals surface area contributed by atoms with E-state index < -0.39 is 11.0 Å². The highest BCUT2D eigenvalue weighted by Crippen LogP contribution is 2.63. The van der Waals surface area contributed by atoms with Crippen LogP contribution in [0.3, 0.4) is 0 Å². The molecule has 2 aliphatic carbocycles. The van der Waals surface area contributed by atoms with Crippen LogP contribution >= 0.6 is 0 Å². The van der Waals surface area contributed by atoms with Crippen molar-refractivity contribution in [2.45, 2.75) is 82.4 Å². The maximum absolute atomic E-state index is 14.0. The molecule has 246 valence electrons. The monoisotopic (exact) mass is 634 g/mol. The van der Waals surface area contributed by atoms with Crippen molar-refractivity contribution in [2.24, 2.45) is 5.92 Å². The Morgan fingerprint density at radius 1 is 1.09 bits per heavy atom. The molecule has 1 unspecified atom stereocenters. The van der Waals surface area contributed by atoms with E-state index in [4.69, 9.17) is 13.9 Å². The average molecular weight is 635 g/mol. The van der Waals surface area contributed by atoms with Crippen LogP contribution in [0.15, 0.2) is 77.2 Å². The quantitative estimate of drug-likeness (QED) is 0.138. The van der Waals surface area contributed by atoms with Gasteiger partial charge in [0.2, 0.25) is 5.91 Å². The van der Waals surface area contributed by atoms with Crippen molar-refractivity contribution in [3.8, 4) is 5.75 Å². The molecule has 7 rings (SSSR count). The van der Waals surface area contributed by atoms with Gasteiger partial charge < -0.3 is 18.8 Å². The van der Waals surface area contributed by atoms with Gasteiger partial charge in [-0.2, -0.15) is 0 Å². The number of amides is 1. The predicted molar refractivity (Wildman–Crippen MR) is 184 cm³/mol. The first-order valence-corrected chi connectivity index (χ1v) is 17.2. The maximum atomic E-state index is 14.0. The van der Waals surface area contributed by atoms with E-state index in [-0.39, 0.29) is 24.0 Å². The number of nitrogens with zero attached hydrogens (tertiary/aromatic N) is 2. The lowest BCUT2D eigenvalue weighted by Crippen LogP contribution is -2.75. The van der Waals surface area contributed by atoms with Crippen molar-refractivity contribution in [1.29, 1.82) is 0 Å². The highest BCUT2D eigenvalue weighted by molar-refractivity contribution is 5.92. The summed E-state index contributed by atoms with van der Waals surface area (Å²) in [6.07, 6.45) is 8.27. The Kier molecular flexibility index (Phi) is 8.37. The number of likely N-dealkylation sites (tertiary alicyclic amines) is 1. The summed E-state index contributed by atoms with van der Waals surface area (Å²) in [6.45, 7) is 8.30. The number of esters is 1. The second-order valence-electron chi connectivity index (χ2n) is 14.2. The van der Waals surface area contributed by atoms with Gasteiger partial charge in [0.15, 0.2) is 11.3 Å². The number of carbonyl (C=O) groups excluding carboxylic acids is 2. The number of methoxy groups -OCH3 is 1. The molecule has 1 amide bonds. The maximum Gasteiger partial charge on any atom is 0.303 e. The fourth-order valence-electron chi connectivity index (χ4n) is 9.19. The molecule has 2 aromatic heterocycles. The van der Waals surface area contributed by atoms with Gasteiger partial charge in [-0.25, -0.2) is 0 Å². The molecule has 1 saturated heterocycles. The minimum atomic E-state index is -0.740. The summed E-state index contributed by atoms with van der Waals surface area (Å²) in [5.74, 6) is 0.804. The zero-order chi connectivity index (χ0) is 32.8. The van der Waals surface area contributed by atoms with Gasteiger partial charge in [0.25, 0.3) is 0 Å². The highest BCUT2D eigenvalue weighted by atomic mass is 16.6. The Labute approximate surface area is 277 Å². The van der Waals surface area contributed by atoms with E-state index >= 15 is 0 Å². The zero-order valence-electron chi connectivity index (χ0n) is 28.0. The van der Waals surface area contributed by atoms with Gasteiger partial charge in [-0.15, -0.1) is 0 Å². The molecule has 3 aliphatic rings. The van der Waals surface area contributed by atoms with E-state index in [1.807, 2.05) is 42.5 Å². The Bertz CT molecular complexity index is 1750. The van der Waals surface area contributed by atoms with Crippen molar-refractivity contribution in [3.63, 3.8) is 0 Å². The smallest absolute Gasteiger partial charge is 0.303 e. The van der Waals surface area contributed by atoms with Crippen LogP contribution in [0.5, 0.6) is 5.75 Å². The standard InChI is InChI=1S/C40H46N2O5/c1-27(2)26-42(36(44)16-15-29-11-7-5-8-12-29)31-17-19-40(47-28(3)43)35-23-32-33-24-34(45-4)38(46-33)37(32)39(40,25-31)20-22-41(35)21-18-30-13-9-6-10-14-30/h5-16,24,27,31,35H,17-23,25-26H2,1-4H3/b16-15+/t31?,35-,39-,40-/m1/s1. The Morgan fingerprint density at radius 2 is 1.83 bits per heavy atom. The van der Waals surface area contributed by atoms with Crippen molar-refractivity contribution >= 4 is 29.1 Å². The SMILES string of the molecule is COc1cc2oc1c1c2C[C@H]2N(CCc3ccccc3)CC[C@@]13CC(N(CC(C)C)C(=O)/C=C/c1ccccc1)CC[C@@]23OC(C)=O. The molecule has 7 heteroatoms. The van der Waals surface area contributed by atoms with Crippen LogP contribution in [-0.4, -0.2) is 66.1 Å². The average Bonchev–Trinajstić information content (AvgIpc) is 3.65. The van der Waals surface area contributed by atoms with Crippen LogP contribution in [0.4, 0.5) is 0 Å². The number of ether oxygens (including phenoxy) is 2. The minimum absolute atomic E-state index is 0.00577. The van der Waals surface area contributed by atoms with Crippen molar-refractivity contribution < 1.29 is 23.5 Å². The first kappa shape index (κ1) is 31.5. The largest absolute Gasteiger partial charge is 0.493 e. The highest BCUT2D eigenvalue weighted by Gasteiger charge is 2.69. The molecule has 4 bridgehead atoms. The van der Waals surface area contributed by atoms with E-state index in [1.54, 1.807) is 20.1 Å². The van der Waals surface area contributed by atoms with Crippen LogP contribution in [-0.2, 0) is 32.6 Å². The van der Waals surface area contributed by atoms with Gasteiger partial charge in [0.05, 0.1) is 13.2 Å². The summed E-state index contributed by atoms with van der Waals surface area (Å²) in [6, 6.07) is 22.6. The summed E-state index contributed by atoms with van der Waals surface area (Å²) in [5.41, 5.74) is 5.04. The number of furan rings is 2. The zero-order valence-corrected chi connectivity index (χ0v) is 28.0. The lowest BCUT2D eigenvalue weighted by Gasteiger charge is -2.65. The van der Waals surface area contributed by atoms with Crippen LogP contribution < -0.4 is 4.74 Å². The fraction of sp³-hybridized carbons (Fsp3) is 0.450. The topological polar surface area (TPSA) is 72.2 Å². The van der Waals surface area contributed by atoms with Gasteiger partial charge in [0, 0.05) is 54.7 Å². The Morgan fingerprint density at radius 3 is 2.53 bits per heavy atom. The predicted octanol–water partition coefficient (Wildman–Crippen LogP) is 7.04. The van der Waals surface area contributed by atoms with Gasteiger partial charge in [0.1, 0.15) is 11.2 Å². The normalized spacial score (nSPS) is 25.6. The molecule has 47 heavy (non-hydrogen) atoms. The second-order valence-corrected chi connectivity index (χ2v) is 14.2. The molecule has 2 fully saturated rings. The molecular weight excluding hydrogens is 588 g/mol. The van der Waals surface area contributed by atoms with E-state index in [0.717, 1.165) is 66.8 Å². The third-order valence-electron chi connectivity index (χ3n) is 11.0. The van der Waals surface area contributed by atoms with Gasteiger partial charge in [-0.3, -0.25) is 14.5 Å². The number of hydrogen-bond acceptors (Lipinski definition) is 6. The number of fused-ring (bicyclic) bond motifs is 5. The first-order chi connectivity index (χ1) is 22.7. The van der Waals surface area contributed by atoms with Gasteiger partial charge in [-0.1, -0.05) is 74.5 Å². The summed E-state index contributed by atoms with van der Waals surface area (Å²) in [4.78, 5) is 31.8.